The fourth-order valence-electron chi connectivity index (χ4n) is 6.00. The van der Waals surface area contributed by atoms with E-state index in [9.17, 15) is 32.3 Å². The van der Waals surface area contributed by atoms with Gasteiger partial charge in [-0.15, -0.1) is 13.2 Å². The average molecular weight is 489 g/mol. The SMILES string of the molecule is NC(=O)C1CC2(CC2[C@H](C[C@H]2CCNC2=O)C(=O)COC(F)(F)F)CN1C(=O)C1CCOCC1. The number of ether oxygens (including phenoxy) is 2. The van der Waals surface area contributed by atoms with Crippen molar-refractivity contribution in [3.05, 3.63) is 0 Å². The molecule has 3 aliphatic heterocycles. The molecule has 34 heavy (non-hydrogen) atoms. The Morgan fingerprint density at radius 1 is 1.21 bits per heavy atom. The van der Waals surface area contributed by atoms with Gasteiger partial charge in [0.05, 0.1) is 0 Å². The summed E-state index contributed by atoms with van der Waals surface area (Å²) in [5.41, 5.74) is 5.03. The summed E-state index contributed by atoms with van der Waals surface area (Å²) in [6.07, 6.45) is -2.49. The minimum Gasteiger partial charge on any atom is -0.381 e. The highest BCUT2D eigenvalue weighted by atomic mass is 19.4. The first-order chi connectivity index (χ1) is 16.0. The zero-order valence-corrected chi connectivity index (χ0v) is 18.8. The molecule has 4 rings (SSSR count). The molecule has 3 heterocycles. The van der Waals surface area contributed by atoms with Crippen molar-refractivity contribution < 1.29 is 41.8 Å². The summed E-state index contributed by atoms with van der Waals surface area (Å²) in [5, 5.41) is 2.69. The number of rotatable bonds is 8. The molecule has 0 aromatic carbocycles. The van der Waals surface area contributed by atoms with Crippen LogP contribution in [0.2, 0.25) is 0 Å². The highest BCUT2D eigenvalue weighted by Crippen LogP contribution is 2.64. The molecule has 3 unspecified atom stereocenters. The van der Waals surface area contributed by atoms with Crippen LogP contribution in [0.5, 0.6) is 0 Å². The molecule has 4 aliphatic rings. The normalized spacial score (nSPS) is 32.6. The third kappa shape index (κ3) is 5.22. The third-order valence-corrected chi connectivity index (χ3v) is 7.87. The van der Waals surface area contributed by atoms with Crippen molar-refractivity contribution in [3.63, 3.8) is 0 Å². The van der Waals surface area contributed by atoms with Crippen molar-refractivity contribution in [2.75, 3.05) is 32.9 Å². The maximum atomic E-state index is 13.2. The van der Waals surface area contributed by atoms with Crippen molar-refractivity contribution in [2.24, 2.45) is 34.8 Å². The summed E-state index contributed by atoms with van der Waals surface area (Å²) in [6.45, 7) is 0.467. The lowest BCUT2D eigenvalue weighted by Crippen LogP contribution is -2.47. The number of likely N-dealkylation sites (tertiary alicyclic amines) is 1. The number of carbonyl (C=O) groups excluding carboxylic acids is 4. The zero-order chi connectivity index (χ0) is 24.7. The van der Waals surface area contributed by atoms with Crippen LogP contribution in [-0.4, -0.2) is 73.7 Å². The van der Waals surface area contributed by atoms with Gasteiger partial charge in [0.2, 0.25) is 17.7 Å². The lowest BCUT2D eigenvalue weighted by molar-refractivity contribution is -0.321. The monoisotopic (exact) mass is 489 g/mol. The molecular formula is C22H30F3N3O6. The van der Waals surface area contributed by atoms with E-state index in [0.29, 0.717) is 45.4 Å². The number of amides is 3. The van der Waals surface area contributed by atoms with E-state index in [-0.39, 0.29) is 43.0 Å². The summed E-state index contributed by atoms with van der Waals surface area (Å²) in [5.74, 6) is -3.67. The summed E-state index contributed by atoms with van der Waals surface area (Å²) in [7, 11) is 0. The first kappa shape index (κ1) is 24.9. The molecule has 1 spiro atoms. The molecule has 12 heteroatoms. The second kappa shape index (κ2) is 9.44. The van der Waals surface area contributed by atoms with Crippen molar-refractivity contribution in [1.82, 2.24) is 10.2 Å². The van der Waals surface area contributed by atoms with E-state index in [2.05, 4.69) is 10.1 Å². The molecule has 1 aliphatic carbocycles. The fraction of sp³-hybridized carbons (Fsp3) is 0.818. The van der Waals surface area contributed by atoms with Gasteiger partial charge < -0.3 is 20.7 Å². The van der Waals surface area contributed by atoms with Gasteiger partial charge >= 0.3 is 6.36 Å². The molecule has 190 valence electrons. The predicted molar refractivity (Wildman–Crippen MR) is 110 cm³/mol. The van der Waals surface area contributed by atoms with Crippen LogP contribution in [0.25, 0.3) is 0 Å². The van der Waals surface area contributed by atoms with E-state index in [0.717, 1.165) is 0 Å². The maximum absolute atomic E-state index is 13.2. The number of alkyl halides is 3. The van der Waals surface area contributed by atoms with E-state index in [1.54, 1.807) is 0 Å². The maximum Gasteiger partial charge on any atom is 0.522 e. The molecule has 0 aromatic heterocycles. The molecule has 9 nitrogen and oxygen atoms in total. The molecule has 0 aromatic rings. The van der Waals surface area contributed by atoms with Crippen LogP contribution >= 0.6 is 0 Å². The minimum atomic E-state index is -4.94. The molecular weight excluding hydrogens is 459 g/mol. The van der Waals surface area contributed by atoms with Gasteiger partial charge in [-0.2, -0.15) is 0 Å². The highest BCUT2D eigenvalue weighted by molar-refractivity contribution is 5.89. The van der Waals surface area contributed by atoms with Gasteiger partial charge in [-0.25, -0.2) is 0 Å². The van der Waals surface area contributed by atoms with Crippen molar-refractivity contribution in [3.8, 4) is 0 Å². The Morgan fingerprint density at radius 2 is 1.91 bits per heavy atom. The molecule has 4 fully saturated rings. The average Bonchev–Trinajstić information content (AvgIpc) is 3.10. The summed E-state index contributed by atoms with van der Waals surface area (Å²) >= 11 is 0. The minimum absolute atomic E-state index is 0.119. The Balaban J connectivity index is 1.50. The standard InChI is InChI=1S/C22H30F3N3O6/c23-22(24,25)34-10-17(29)14(7-13-1-4-27-19(13)31)15-8-21(15)9-16(18(26)30)28(11-21)20(32)12-2-5-33-6-3-12/h12-16H,1-11H2,(H2,26,30)(H,27,31)/t13-,14+,15?,16?,21?/m1/s1. The van der Waals surface area contributed by atoms with Gasteiger partial charge in [-0.3, -0.25) is 23.9 Å². The van der Waals surface area contributed by atoms with Crippen molar-refractivity contribution in [2.45, 2.75) is 50.9 Å². The predicted octanol–water partition coefficient (Wildman–Crippen LogP) is 0.753. The lowest BCUT2D eigenvalue weighted by atomic mass is 9.83. The second-order valence-corrected chi connectivity index (χ2v) is 9.97. The Kier molecular flexibility index (Phi) is 6.92. The quantitative estimate of drug-likeness (QED) is 0.518. The Labute approximate surface area is 194 Å². The third-order valence-electron chi connectivity index (χ3n) is 7.87. The molecule has 0 radical (unpaired) electrons. The van der Waals surface area contributed by atoms with E-state index in [1.807, 2.05) is 0 Å². The zero-order valence-electron chi connectivity index (χ0n) is 18.8. The van der Waals surface area contributed by atoms with E-state index < -0.39 is 48.0 Å². The number of hydrogen-bond acceptors (Lipinski definition) is 6. The number of nitrogens with two attached hydrogens (primary N) is 1. The van der Waals surface area contributed by atoms with Crippen LogP contribution < -0.4 is 11.1 Å². The number of nitrogens with zero attached hydrogens (tertiary/aromatic N) is 1. The fourth-order valence-corrected chi connectivity index (χ4v) is 6.00. The van der Waals surface area contributed by atoms with Gasteiger partial charge in [0.15, 0.2) is 5.78 Å². The molecule has 1 saturated carbocycles. The Morgan fingerprint density at radius 3 is 2.50 bits per heavy atom. The van der Waals surface area contributed by atoms with Crippen LogP contribution in [0.15, 0.2) is 0 Å². The summed E-state index contributed by atoms with van der Waals surface area (Å²) < 4.78 is 46.8. The van der Waals surface area contributed by atoms with Gasteiger partial charge in [0.25, 0.3) is 0 Å². The number of hydrogen-bond donors (Lipinski definition) is 2. The Hall–Kier alpha value is -2.21. The number of ketones is 1. The topological polar surface area (TPSA) is 128 Å². The van der Waals surface area contributed by atoms with Crippen LogP contribution in [0.4, 0.5) is 13.2 Å². The Bertz CT molecular complexity index is 846. The largest absolute Gasteiger partial charge is 0.522 e. The van der Waals surface area contributed by atoms with Gasteiger partial charge in [-0.05, 0) is 49.9 Å². The number of halogens is 3. The van der Waals surface area contributed by atoms with Gasteiger partial charge in [0, 0.05) is 44.1 Å². The number of nitrogens with one attached hydrogen (secondary N) is 1. The molecule has 3 amide bonds. The highest BCUT2D eigenvalue weighted by Gasteiger charge is 2.65. The number of carbonyl (C=O) groups is 4. The second-order valence-electron chi connectivity index (χ2n) is 9.97. The van der Waals surface area contributed by atoms with Crippen molar-refractivity contribution in [1.29, 1.82) is 0 Å². The lowest BCUT2D eigenvalue weighted by Gasteiger charge is -2.29. The first-order valence-electron chi connectivity index (χ1n) is 11.7. The first-order valence-corrected chi connectivity index (χ1v) is 11.7. The van der Waals surface area contributed by atoms with Crippen LogP contribution in [0, 0.1) is 29.1 Å². The molecule has 5 atom stereocenters. The number of Topliss-reactive ketones (excluding diaryl/α,β-unsaturated/α-hetero) is 1. The smallest absolute Gasteiger partial charge is 0.381 e. The molecule has 0 bridgehead atoms. The van der Waals surface area contributed by atoms with Crippen molar-refractivity contribution >= 4 is 23.5 Å². The number of primary amides is 1. The van der Waals surface area contributed by atoms with Gasteiger partial charge in [0.1, 0.15) is 12.6 Å². The van der Waals surface area contributed by atoms with E-state index in [1.165, 1.54) is 4.90 Å². The van der Waals surface area contributed by atoms with E-state index >= 15 is 0 Å². The summed E-state index contributed by atoms with van der Waals surface area (Å²) in [4.78, 5) is 51.8. The summed E-state index contributed by atoms with van der Waals surface area (Å²) in [6, 6.07) is -0.822. The van der Waals surface area contributed by atoms with Crippen LogP contribution in [0.1, 0.15) is 38.5 Å². The van der Waals surface area contributed by atoms with Crippen LogP contribution in [0.3, 0.4) is 0 Å². The van der Waals surface area contributed by atoms with Crippen LogP contribution in [-0.2, 0) is 28.7 Å². The molecule has 3 N–H and O–H groups in total. The van der Waals surface area contributed by atoms with E-state index in [4.69, 9.17) is 10.5 Å². The molecule has 3 saturated heterocycles. The van der Waals surface area contributed by atoms with Gasteiger partial charge in [-0.1, -0.05) is 0 Å².